The molecule has 1 fully saturated rings. The molecule has 2 aromatic rings. The van der Waals surface area contributed by atoms with Crippen molar-refractivity contribution in [1.29, 1.82) is 0 Å². The van der Waals surface area contributed by atoms with E-state index in [2.05, 4.69) is 31.7 Å². The van der Waals surface area contributed by atoms with Crippen LogP contribution in [0.3, 0.4) is 0 Å². The third-order valence-corrected chi connectivity index (χ3v) is 7.31. The van der Waals surface area contributed by atoms with E-state index in [1.807, 2.05) is 6.08 Å². The number of nitrogens with one attached hydrogen (secondary N) is 3. The zero-order valence-electron chi connectivity index (χ0n) is 19.8. The van der Waals surface area contributed by atoms with E-state index in [-0.39, 0.29) is 18.2 Å². The molecule has 1 aliphatic heterocycles. The Morgan fingerprint density at radius 3 is 2.89 bits per heavy atom. The molecule has 10 nitrogen and oxygen atoms in total. The smallest absolute Gasteiger partial charge is 0.261 e. The molecule has 1 saturated heterocycles. The molecule has 3 N–H and O–H groups in total. The van der Waals surface area contributed by atoms with Gasteiger partial charge < -0.3 is 20.3 Å². The Bertz CT molecular complexity index is 1220. The minimum absolute atomic E-state index is 0.0609. The molecule has 1 aliphatic rings. The summed E-state index contributed by atoms with van der Waals surface area (Å²) in [5.41, 5.74) is 2.65. The Morgan fingerprint density at radius 2 is 2.20 bits per heavy atom. The Labute approximate surface area is 209 Å². The second kappa shape index (κ2) is 12.5. The fourth-order valence-corrected chi connectivity index (χ4v) is 5.05. The number of aromatic amines is 1. The van der Waals surface area contributed by atoms with E-state index in [0.717, 1.165) is 33.9 Å². The summed E-state index contributed by atoms with van der Waals surface area (Å²) < 4.78 is 28.3. The maximum Gasteiger partial charge on any atom is 0.261 e. The highest BCUT2D eigenvalue weighted by Crippen LogP contribution is 2.29. The van der Waals surface area contributed by atoms with Gasteiger partial charge in [0.05, 0.1) is 46.3 Å². The van der Waals surface area contributed by atoms with Crippen LogP contribution in [0.4, 0.5) is 5.69 Å². The number of hydrogen-bond acceptors (Lipinski definition) is 8. The van der Waals surface area contributed by atoms with Crippen LogP contribution in [0.25, 0.3) is 6.08 Å². The lowest BCUT2D eigenvalue weighted by molar-refractivity contribution is 0.0682. The first kappa shape index (κ1) is 26.5. The predicted molar refractivity (Wildman–Crippen MR) is 140 cm³/mol. The summed E-state index contributed by atoms with van der Waals surface area (Å²) in [6.07, 6.45) is 12.3. The molecule has 0 aromatic carbocycles. The van der Waals surface area contributed by atoms with Crippen molar-refractivity contribution in [3.8, 4) is 12.3 Å². The molecular formula is C23H30N6O4S2. The molecule has 1 amide bonds. The van der Waals surface area contributed by atoms with Gasteiger partial charge >= 0.3 is 0 Å². The Hall–Kier alpha value is -3.14. The quantitative estimate of drug-likeness (QED) is 0.245. The average Bonchev–Trinajstić information content (AvgIpc) is 3.47. The van der Waals surface area contributed by atoms with Gasteiger partial charge in [-0.05, 0) is 30.2 Å². The lowest BCUT2D eigenvalue weighted by Crippen LogP contribution is -2.41. The number of amides is 1. The molecule has 3 heterocycles. The summed E-state index contributed by atoms with van der Waals surface area (Å²) in [6.45, 7) is 3.16. The number of hydrogen-bond donors (Lipinski definition) is 3. The number of H-pyrrole nitrogens is 1. The minimum Gasteiger partial charge on any atom is -0.387 e. The number of carbonyl (C=O) groups excluding carboxylic acids is 1. The van der Waals surface area contributed by atoms with E-state index < -0.39 is 9.84 Å². The number of allylic oxidation sites excluding steroid dienone is 1. The van der Waals surface area contributed by atoms with Crippen LogP contribution in [-0.2, 0) is 21.0 Å². The third-order valence-electron chi connectivity index (χ3n) is 5.24. The number of aromatic nitrogens is 2. The molecule has 0 unspecified atom stereocenters. The van der Waals surface area contributed by atoms with E-state index in [9.17, 15) is 13.2 Å². The number of nitrogens with zero attached hydrogens (tertiary/aromatic N) is 3. The van der Waals surface area contributed by atoms with E-state index in [1.165, 1.54) is 11.3 Å². The van der Waals surface area contributed by atoms with Crippen molar-refractivity contribution in [3.63, 3.8) is 0 Å². The van der Waals surface area contributed by atoms with Crippen molar-refractivity contribution in [2.45, 2.75) is 6.42 Å². The normalized spacial score (nSPS) is 14.8. The monoisotopic (exact) mass is 518 g/mol. The number of morpholine rings is 1. The number of terminal acetylenes is 1. The van der Waals surface area contributed by atoms with E-state index in [0.29, 0.717) is 44.1 Å². The van der Waals surface area contributed by atoms with Crippen LogP contribution >= 0.6 is 11.3 Å². The van der Waals surface area contributed by atoms with Gasteiger partial charge in [-0.1, -0.05) is 5.92 Å². The summed E-state index contributed by atoms with van der Waals surface area (Å²) >= 11 is 1.32. The first-order valence-electron chi connectivity index (χ1n) is 11.1. The predicted octanol–water partition coefficient (Wildman–Crippen LogP) is 1.26. The number of ether oxygens (including phenoxy) is 1. The maximum absolute atomic E-state index is 12.7. The summed E-state index contributed by atoms with van der Waals surface area (Å²) in [4.78, 5) is 21.1. The van der Waals surface area contributed by atoms with Crippen molar-refractivity contribution in [1.82, 2.24) is 20.4 Å². The van der Waals surface area contributed by atoms with Gasteiger partial charge in [-0.25, -0.2) is 8.42 Å². The number of rotatable bonds is 10. The Morgan fingerprint density at radius 1 is 1.43 bits per heavy atom. The summed E-state index contributed by atoms with van der Waals surface area (Å²) in [5.74, 6) is 2.85. The van der Waals surface area contributed by atoms with Gasteiger partial charge in [-0.3, -0.25) is 14.9 Å². The zero-order valence-corrected chi connectivity index (χ0v) is 21.5. The highest BCUT2D eigenvalue weighted by Gasteiger charge is 2.23. The van der Waals surface area contributed by atoms with Crippen molar-refractivity contribution >= 4 is 44.7 Å². The Balaban J connectivity index is 1.82. The number of aliphatic imine (C=N–C) groups is 1. The number of anilines is 1. The van der Waals surface area contributed by atoms with Crippen molar-refractivity contribution in [2.24, 2.45) is 4.99 Å². The second-order valence-corrected chi connectivity index (χ2v) is 11.2. The summed E-state index contributed by atoms with van der Waals surface area (Å²) in [5, 5.41) is 12.9. The minimum atomic E-state index is -3.16. The van der Waals surface area contributed by atoms with Crippen LogP contribution in [0.1, 0.15) is 25.8 Å². The highest BCUT2D eigenvalue weighted by molar-refractivity contribution is 7.90. The van der Waals surface area contributed by atoms with Gasteiger partial charge in [0.25, 0.3) is 5.91 Å². The molecule has 3 rings (SSSR count). The van der Waals surface area contributed by atoms with Crippen LogP contribution in [0.15, 0.2) is 23.3 Å². The summed E-state index contributed by atoms with van der Waals surface area (Å²) in [7, 11) is -1.36. The van der Waals surface area contributed by atoms with Crippen LogP contribution in [0, 0.1) is 12.3 Å². The van der Waals surface area contributed by atoms with Crippen LogP contribution in [0.5, 0.6) is 0 Å². The molecule has 188 valence electrons. The molecular weight excluding hydrogens is 488 g/mol. The number of carbonyl (C=O) groups is 1. The molecule has 2 aromatic heterocycles. The van der Waals surface area contributed by atoms with Crippen LogP contribution in [-0.4, -0.2) is 93.7 Å². The fourth-order valence-electron chi connectivity index (χ4n) is 3.46. The van der Waals surface area contributed by atoms with Gasteiger partial charge in [-0.15, -0.1) is 17.8 Å². The summed E-state index contributed by atoms with van der Waals surface area (Å²) in [6, 6.07) is 1.77. The topological polar surface area (TPSA) is 129 Å². The first-order valence-corrected chi connectivity index (χ1v) is 14.0. The number of amidine groups is 1. The van der Waals surface area contributed by atoms with Crippen molar-refractivity contribution in [3.05, 3.63) is 39.4 Å². The molecule has 0 atom stereocenters. The van der Waals surface area contributed by atoms with E-state index in [4.69, 9.17) is 16.2 Å². The van der Waals surface area contributed by atoms with Gasteiger partial charge in [0.1, 0.15) is 15.7 Å². The highest BCUT2D eigenvalue weighted by atomic mass is 32.2. The van der Waals surface area contributed by atoms with Gasteiger partial charge in [0.2, 0.25) is 0 Å². The van der Waals surface area contributed by atoms with Crippen LogP contribution < -0.4 is 10.6 Å². The number of sulfone groups is 1. The van der Waals surface area contributed by atoms with E-state index in [1.54, 1.807) is 25.4 Å². The lowest BCUT2D eigenvalue weighted by Gasteiger charge is -2.30. The molecule has 12 heteroatoms. The first-order chi connectivity index (χ1) is 16.8. The van der Waals surface area contributed by atoms with Crippen molar-refractivity contribution < 1.29 is 17.9 Å². The lowest BCUT2D eigenvalue weighted by atomic mass is 10.2. The molecule has 0 aliphatic carbocycles. The van der Waals surface area contributed by atoms with Gasteiger partial charge in [0, 0.05) is 39.5 Å². The Kier molecular flexibility index (Phi) is 9.47. The molecule has 0 radical (unpaired) electrons. The SMILES string of the molecule is C#C/C=C\c1[nH]ncc1CC/N=C(\c1sc(C(=O)NCCS(C)(=O)=O)cc1NC)N1CCOCC1. The van der Waals surface area contributed by atoms with Crippen molar-refractivity contribution in [2.75, 3.05) is 63.8 Å². The van der Waals surface area contributed by atoms with E-state index >= 15 is 0 Å². The maximum atomic E-state index is 12.7. The standard InChI is InChI=1S/C23H30N6O4S2/c1-4-5-6-18-17(16-27-28-18)7-8-25-22(29-10-12-33-13-11-29)21-19(24-2)15-20(34-21)23(30)26-9-14-35(3,31)32/h1,5-6,15-16,24H,7-14H2,2-3H3,(H,26,30)(H,27,28)/b6-5-,25-22+. The third kappa shape index (κ3) is 7.68. The second-order valence-electron chi connectivity index (χ2n) is 7.85. The fraction of sp³-hybridized carbons (Fsp3) is 0.435. The van der Waals surface area contributed by atoms with Crippen LogP contribution in [0.2, 0.25) is 0 Å². The molecule has 35 heavy (non-hydrogen) atoms. The largest absolute Gasteiger partial charge is 0.387 e. The van der Waals surface area contributed by atoms with Gasteiger partial charge in [0.15, 0.2) is 0 Å². The average molecular weight is 519 g/mol. The zero-order chi connectivity index (χ0) is 25.3. The molecule has 0 saturated carbocycles. The molecule has 0 spiro atoms. The number of thiophene rings is 1. The molecule has 0 bridgehead atoms. The van der Waals surface area contributed by atoms with Gasteiger partial charge in [-0.2, -0.15) is 5.10 Å².